The molecule has 0 radical (unpaired) electrons. The molecule has 3 saturated carbocycles. The van der Waals surface area contributed by atoms with Gasteiger partial charge in [0, 0.05) is 37.9 Å². The number of carbonyl (C=O) groups is 3. The highest BCUT2D eigenvalue weighted by molar-refractivity contribution is 5.96. The van der Waals surface area contributed by atoms with Crippen molar-refractivity contribution in [3.05, 3.63) is 23.3 Å². The molecular weight excluding hydrogens is 576 g/mol. The monoisotopic (exact) mass is 616 g/mol. The van der Waals surface area contributed by atoms with E-state index in [0.29, 0.717) is 31.3 Å². The lowest BCUT2D eigenvalue weighted by Gasteiger charge is -2.62. The summed E-state index contributed by atoms with van der Waals surface area (Å²) in [5, 5.41) is 24.5. The third-order valence-electron chi connectivity index (χ3n) is 12.5. The van der Waals surface area contributed by atoms with Gasteiger partial charge in [-0.2, -0.15) is 0 Å². The van der Waals surface area contributed by atoms with Crippen LogP contribution in [0.2, 0.25) is 0 Å². The number of rotatable bonds is 3. The first kappa shape index (κ1) is 29.2. The molecule has 1 spiro atoms. The van der Waals surface area contributed by atoms with Gasteiger partial charge >= 0.3 is 11.9 Å². The van der Waals surface area contributed by atoms with E-state index in [9.17, 15) is 24.6 Å². The summed E-state index contributed by atoms with van der Waals surface area (Å²) in [4.78, 5) is 39.4. The molecule has 3 saturated heterocycles. The summed E-state index contributed by atoms with van der Waals surface area (Å²) in [5.74, 6) is -4.54. The quantitative estimate of drug-likeness (QED) is 0.266. The van der Waals surface area contributed by atoms with Crippen LogP contribution in [0.15, 0.2) is 23.3 Å². The van der Waals surface area contributed by atoms with Crippen molar-refractivity contribution in [1.82, 2.24) is 0 Å². The number of methoxy groups -OCH3 is 1. The molecule has 44 heavy (non-hydrogen) atoms. The van der Waals surface area contributed by atoms with E-state index in [-0.39, 0.29) is 24.9 Å². The van der Waals surface area contributed by atoms with Crippen molar-refractivity contribution in [2.45, 2.75) is 120 Å². The lowest BCUT2D eigenvalue weighted by atomic mass is 9.43. The average molecular weight is 617 g/mol. The van der Waals surface area contributed by atoms with Gasteiger partial charge in [0.1, 0.15) is 30.0 Å². The molecule has 8 aliphatic rings. The molecule has 0 aromatic rings. The number of aliphatic hydroxyl groups is 2. The maximum absolute atomic E-state index is 14.8. The molecule has 0 aromatic carbocycles. The fourth-order valence-corrected chi connectivity index (χ4v) is 10.5. The fourth-order valence-electron chi connectivity index (χ4n) is 10.5. The van der Waals surface area contributed by atoms with Crippen LogP contribution in [-0.4, -0.2) is 102 Å². The van der Waals surface area contributed by atoms with E-state index in [0.717, 1.165) is 5.57 Å². The zero-order valence-electron chi connectivity index (χ0n) is 25.6. The number of epoxide rings is 1. The van der Waals surface area contributed by atoms with Crippen molar-refractivity contribution in [3.8, 4) is 0 Å². The summed E-state index contributed by atoms with van der Waals surface area (Å²) >= 11 is 0. The highest BCUT2D eigenvalue weighted by Gasteiger charge is 2.89. The van der Waals surface area contributed by atoms with Gasteiger partial charge in [0.05, 0.1) is 23.7 Å². The Bertz CT molecular complexity index is 1410. The minimum Gasteiger partial charge on any atom is -0.458 e. The number of carbonyl (C=O) groups excluding carboxylic acids is 3. The van der Waals surface area contributed by atoms with Gasteiger partial charge in [0.25, 0.3) is 0 Å². The SMILES string of the molecule is CO[C@@H]1C[C@@H](C)O[C@H]2O[C@@H]3C=C4C[C@@H]5O[C@]56[C@H]([C@H](OC(C)=O)C(=O)[C@]5(C)[C@@H](C7=CC(=O)OC7)CC[C@]65O)[C@@]4(C)C[C@H]3O[C@]21O. The van der Waals surface area contributed by atoms with Crippen LogP contribution >= 0.6 is 0 Å². The minimum absolute atomic E-state index is 0.0568. The Balaban J connectivity index is 1.22. The second-order valence-corrected chi connectivity index (χ2v) is 14.5. The van der Waals surface area contributed by atoms with Crippen LogP contribution in [0.4, 0.5) is 0 Å². The molecule has 0 aromatic heterocycles. The van der Waals surface area contributed by atoms with Gasteiger partial charge in [-0.1, -0.05) is 18.6 Å². The maximum Gasteiger partial charge on any atom is 0.331 e. The Morgan fingerprint density at radius 1 is 1.14 bits per heavy atom. The number of hydrogen-bond donors (Lipinski definition) is 2. The molecule has 4 heterocycles. The van der Waals surface area contributed by atoms with E-state index in [4.69, 9.17) is 33.2 Å². The van der Waals surface area contributed by atoms with E-state index in [2.05, 4.69) is 0 Å². The molecule has 0 amide bonds. The molecule has 0 bridgehead atoms. The van der Waals surface area contributed by atoms with Crippen molar-refractivity contribution in [3.63, 3.8) is 0 Å². The maximum atomic E-state index is 14.8. The third kappa shape index (κ3) is 3.35. The number of Topliss-reactive ketones (excluding diaryl/α,β-unsaturated/α-hetero) is 1. The summed E-state index contributed by atoms with van der Waals surface area (Å²) in [5.41, 5.74) is -3.36. The highest BCUT2D eigenvalue weighted by atomic mass is 16.8. The van der Waals surface area contributed by atoms with Gasteiger partial charge in [-0.3, -0.25) is 9.59 Å². The van der Waals surface area contributed by atoms with Crippen LogP contribution in [-0.2, 0) is 47.5 Å². The van der Waals surface area contributed by atoms with Gasteiger partial charge < -0.3 is 43.4 Å². The number of hydrogen-bond acceptors (Lipinski definition) is 12. The van der Waals surface area contributed by atoms with Gasteiger partial charge in [-0.15, -0.1) is 0 Å². The number of fused-ring (bicyclic) bond motifs is 5. The summed E-state index contributed by atoms with van der Waals surface area (Å²) in [6.07, 6.45) is 0.529. The number of esters is 2. The second kappa shape index (κ2) is 8.99. The Labute approximate surface area is 254 Å². The summed E-state index contributed by atoms with van der Waals surface area (Å²) in [6, 6.07) is 0. The van der Waals surface area contributed by atoms with Crippen LogP contribution in [0.1, 0.15) is 59.8 Å². The second-order valence-electron chi connectivity index (χ2n) is 14.5. The van der Waals surface area contributed by atoms with Gasteiger partial charge in [-0.25, -0.2) is 4.79 Å². The summed E-state index contributed by atoms with van der Waals surface area (Å²) in [6.45, 7) is 6.94. The molecule has 240 valence electrons. The normalized spacial score (nSPS) is 55.2. The zero-order valence-corrected chi connectivity index (χ0v) is 25.6. The standard InChI is InChI=1S/C32H40O12/c1-14-8-22(38-5)32(37)27(40-14)42-19-10-17-11-21-31(44-21)25(28(17,3)12-20(19)43-32)24(41-15(2)33)26(35)29(4)18(6-7-30(29,31)36)16-9-23(34)39-13-16/h9-10,14,18-22,24-25,27,36-37H,6-8,11-13H2,1-5H3/t14-,18-,19-,20-,21+,22-,24+,25-,27+,28+,29+,30-,31+,32+/m1/s1. The first-order valence-electron chi connectivity index (χ1n) is 15.7. The lowest BCUT2D eigenvalue weighted by Crippen LogP contribution is -2.76. The summed E-state index contributed by atoms with van der Waals surface area (Å²) < 4.78 is 42.1. The minimum atomic E-state index is -1.85. The highest BCUT2D eigenvalue weighted by Crippen LogP contribution is 2.77. The smallest absolute Gasteiger partial charge is 0.331 e. The van der Waals surface area contributed by atoms with E-state index in [1.165, 1.54) is 20.1 Å². The van der Waals surface area contributed by atoms with Crippen molar-refractivity contribution < 1.29 is 57.8 Å². The fraction of sp³-hybridized carbons (Fsp3) is 0.781. The van der Waals surface area contributed by atoms with Crippen molar-refractivity contribution in [2.75, 3.05) is 13.7 Å². The first-order chi connectivity index (χ1) is 20.7. The van der Waals surface area contributed by atoms with Crippen LogP contribution in [0.3, 0.4) is 0 Å². The third-order valence-corrected chi connectivity index (χ3v) is 12.5. The van der Waals surface area contributed by atoms with E-state index < -0.39 is 88.4 Å². The lowest BCUT2D eigenvalue weighted by molar-refractivity contribution is -0.450. The largest absolute Gasteiger partial charge is 0.458 e. The Morgan fingerprint density at radius 3 is 2.59 bits per heavy atom. The topological polar surface area (TPSA) is 160 Å². The molecule has 12 nitrogen and oxygen atoms in total. The predicted octanol–water partition coefficient (Wildman–Crippen LogP) is 1.25. The van der Waals surface area contributed by atoms with Gasteiger partial charge in [0.2, 0.25) is 12.1 Å². The Kier molecular flexibility index (Phi) is 5.97. The number of ether oxygens (including phenoxy) is 7. The molecular formula is C32H40O12. The van der Waals surface area contributed by atoms with Gasteiger partial charge in [0.15, 0.2) is 11.9 Å². The van der Waals surface area contributed by atoms with Crippen LogP contribution in [0.25, 0.3) is 0 Å². The molecule has 14 atom stereocenters. The molecule has 4 aliphatic heterocycles. The van der Waals surface area contributed by atoms with E-state index in [1.54, 1.807) is 6.92 Å². The summed E-state index contributed by atoms with van der Waals surface area (Å²) in [7, 11) is 1.51. The average Bonchev–Trinajstić information content (AvgIpc) is 3.40. The van der Waals surface area contributed by atoms with Crippen molar-refractivity contribution >= 4 is 17.7 Å². The molecule has 2 N–H and O–H groups in total. The van der Waals surface area contributed by atoms with E-state index >= 15 is 0 Å². The molecule has 0 unspecified atom stereocenters. The molecule has 8 rings (SSSR count). The Morgan fingerprint density at radius 2 is 1.91 bits per heavy atom. The van der Waals surface area contributed by atoms with Crippen molar-refractivity contribution in [2.24, 2.45) is 22.7 Å². The van der Waals surface area contributed by atoms with Crippen LogP contribution in [0.5, 0.6) is 0 Å². The molecule has 6 fully saturated rings. The van der Waals surface area contributed by atoms with Crippen LogP contribution < -0.4 is 0 Å². The van der Waals surface area contributed by atoms with E-state index in [1.807, 2.05) is 19.9 Å². The molecule has 12 heteroatoms. The number of ketones is 1. The zero-order chi connectivity index (χ0) is 31.2. The van der Waals surface area contributed by atoms with Crippen LogP contribution in [0, 0.1) is 22.7 Å². The van der Waals surface area contributed by atoms with Gasteiger partial charge in [-0.05, 0) is 51.0 Å². The Hall–Kier alpha value is -2.19. The predicted molar refractivity (Wildman–Crippen MR) is 146 cm³/mol. The van der Waals surface area contributed by atoms with Crippen molar-refractivity contribution in [1.29, 1.82) is 0 Å². The first-order valence-corrected chi connectivity index (χ1v) is 15.7. The number of cyclic esters (lactones) is 1. The molecule has 4 aliphatic carbocycles.